The first-order chi connectivity index (χ1) is 16.3. The molecule has 4 heterocycles. The molecule has 0 amide bonds. The highest BCUT2D eigenvalue weighted by Gasteiger charge is 2.35. The number of rotatable bonds is 10. The van der Waals surface area contributed by atoms with E-state index in [4.69, 9.17) is 25.8 Å². The molecule has 0 aromatic carbocycles. The van der Waals surface area contributed by atoms with E-state index in [2.05, 4.69) is 29.9 Å². The van der Waals surface area contributed by atoms with Crippen molar-refractivity contribution in [3.8, 4) is 17.4 Å². The molecule has 12 nitrogen and oxygen atoms in total. The molecule has 0 bridgehead atoms. The van der Waals surface area contributed by atoms with Gasteiger partial charge in [-0.05, 0) is 19.4 Å². The number of hydrogen-bond acceptors (Lipinski definition) is 10. The first-order valence-electron chi connectivity index (χ1n) is 10.4. The first-order valence-corrected chi connectivity index (χ1v) is 12.3. The van der Waals surface area contributed by atoms with Gasteiger partial charge < -0.3 is 14.2 Å². The summed E-state index contributed by atoms with van der Waals surface area (Å²) in [5, 5.41) is 7.55. The van der Waals surface area contributed by atoms with Crippen LogP contribution in [0.4, 0.5) is 5.95 Å². The van der Waals surface area contributed by atoms with Crippen LogP contribution in [0.1, 0.15) is 25.3 Å². The average molecular weight is 510 g/mol. The fourth-order valence-electron chi connectivity index (χ4n) is 3.39. The summed E-state index contributed by atoms with van der Waals surface area (Å²) in [5.74, 6) is 1.00. The Labute approximate surface area is 201 Å². The minimum Gasteiger partial charge on any atom is -0.481 e. The summed E-state index contributed by atoms with van der Waals surface area (Å²) in [6, 6.07) is 5.21. The van der Waals surface area contributed by atoms with Crippen LogP contribution < -0.4 is 9.46 Å². The predicted octanol–water partition coefficient (Wildman–Crippen LogP) is 2.10. The second kappa shape index (κ2) is 10.2. The Hall–Kier alpha value is -2.87. The normalized spacial score (nSPS) is 17.6. The van der Waals surface area contributed by atoms with E-state index in [9.17, 15) is 8.42 Å². The Balaban J connectivity index is 1.65. The lowest BCUT2D eigenvalue weighted by Crippen LogP contribution is -2.35. The number of nitrogens with one attached hydrogen (secondary N) is 1. The Bertz CT molecular complexity index is 1230. The second-order valence-corrected chi connectivity index (χ2v) is 10.0. The molecule has 34 heavy (non-hydrogen) atoms. The third kappa shape index (κ3) is 5.12. The molecule has 1 N–H and O–H groups in total. The minimum absolute atomic E-state index is 0.0360. The van der Waals surface area contributed by atoms with Crippen LogP contribution in [0.3, 0.4) is 0 Å². The van der Waals surface area contributed by atoms with Crippen molar-refractivity contribution in [1.82, 2.24) is 29.7 Å². The zero-order valence-corrected chi connectivity index (χ0v) is 20.3. The van der Waals surface area contributed by atoms with Crippen LogP contribution >= 0.6 is 11.6 Å². The fraction of sp³-hybridized carbons (Fsp3) is 0.450. The maximum absolute atomic E-state index is 13.3. The zero-order valence-electron chi connectivity index (χ0n) is 18.8. The fourth-order valence-corrected chi connectivity index (χ4v) is 4.63. The molecule has 1 aliphatic heterocycles. The van der Waals surface area contributed by atoms with Gasteiger partial charge in [-0.1, -0.05) is 17.7 Å². The highest BCUT2D eigenvalue weighted by Crippen LogP contribution is 2.28. The first kappa shape index (κ1) is 24.3. The molecule has 182 valence electrons. The Morgan fingerprint density at radius 1 is 1.26 bits per heavy atom. The molecular weight excluding hydrogens is 486 g/mol. The van der Waals surface area contributed by atoms with Gasteiger partial charge in [-0.3, -0.25) is 9.29 Å². The van der Waals surface area contributed by atoms with Crippen LogP contribution in [0.2, 0.25) is 5.02 Å². The van der Waals surface area contributed by atoms with Gasteiger partial charge in [0.1, 0.15) is 17.0 Å². The lowest BCUT2D eigenvalue weighted by atomic mass is 10.2. The van der Waals surface area contributed by atoms with E-state index in [0.717, 1.165) is 6.42 Å². The highest BCUT2D eigenvalue weighted by molar-refractivity contribution is 7.93. The molecule has 1 saturated heterocycles. The summed E-state index contributed by atoms with van der Waals surface area (Å²) in [6.07, 6.45) is 2.57. The molecule has 0 spiro atoms. The van der Waals surface area contributed by atoms with Crippen LogP contribution in [0.15, 0.2) is 30.6 Å². The smallest absolute Gasteiger partial charge is 0.240 e. The van der Waals surface area contributed by atoms with Crippen molar-refractivity contribution < 1.29 is 22.6 Å². The lowest BCUT2D eigenvalue weighted by Gasteiger charge is -2.28. The molecule has 0 radical (unpaired) electrons. The summed E-state index contributed by atoms with van der Waals surface area (Å²) < 4.78 is 46.9. The summed E-state index contributed by atoms with van der Waals surface area (Å²) >= 11 is 5.85. The van der Waals surface area contributed by atoms with Crippen molar-refractivity contribution in [3.63, 3.8) is 0 Å². The molecular formula is C20H24ClN7O5S. The van der Waals surface area contributed by atoms with E-state index < -0.39 is 21.4 Å². The number of aromatic nitrogens is 6. The van der Waals surface area contributed by atoms with Crippen LogP contribution in [0, 0.1) is 0 Å². The molecule has 1 aliphatic rings. The van der Waals surface area contributed by atoms with Crippen LogP contribution in [-0.4, -0.2) is 70.3 Å². The Kier molecular flexibility index (Phi) is 7.26. The molecule has 2 unspecified atom stereocenters. The number of halogens is 1. The summed E-state index contributed by atoms with van der Waals surface area (Å²) in [5.41, 5.74) is 0.481. The van der Waals surface area contributed by atoms with Crippen molar-refractivity contribution in [2.45, 2.75) is 37.3 Å². The van der Waals surface area contributed by atoms with Crippen LogP contribution in [-0.2, 0) is 26.0 Å². The summed E-state index contributed by atoms with van der Waals surface area (Å²) in [7, 11) is -1.11. The third-order valence-electron chi connectivity index (χ3n) is 5.39. The number of pyridine rings is 1. The topological polar surface area (TPSA) is 143 Å². The third-order valence-corrected chi connectivity index (χ3v) is 7.28. The number of sulfonamides is 1. The SMILES string of the molecule is COc1cccc(-c2nnc(NS(=O)(=O)C(C)C(OC)c3ncc(Cl)cn3)n2C[C@@H]2CCO2)n1. The largest absolute Gasteiger partial charge is 0.481 e. The van der Waals surface area contributed by atoms with Crippen LogP contribution in [0.5, 0.6) is 5.88 Å². The monoisotopic (exact) mass is 509 g/mol. The van der Waals surface area contributed by atoms with E-state index in [1.54, 1.807) is 22.8 Å². The molecule has 4 rings (SSSR count). The van der Waals surface area contributed by atoms with E-state index >= 15 is 0 Å². The molecule has 0 aliphatic carbocycles. The zero-order chi connectivity index (χ0) is 24.3. The van der Waals surface area contributed by atoms with Gasteiger partial charge in [0.25, 0.3) is 0 Å². The quantitative estimate of drug-likeness (QED) is 0.431. The van der Waals surface area contributed by atoms with E-state index in [1.807, 2.05) is 0 Å². The Morgan fingerprint density at radius 3 is 2.62 bits per heavy atom. The van der Waals surface area contributed by atoms with Gasteiger partial charge in [-0.25, -0.2) is 23.4 Å². The number of hydrogen-bond donors (Lipinski definition) is 1. The predicted molar refractivity (Wildman–Crippen MR) is 123 cm³/mol. The second-order valence-electron chi connectivity index (χ2n) is 7.57. The minimum atomic E-state index is -4.01. The van der Waals surface area contributed by atoms with Crippen molar-refractivity contribution in [2.75, 3.05) is 25.5 Å². The van der Waals surface area contributed by atoms with Gasteiger partial charge in [0.15, 0.2) is 11.6 Å². The van der Waals surface area contributed by atoms with E-state index in [0.29, 0.717) is 35.6 Å². The van der Waals surface area contributed by atoms with Crippen molar-refractivity contribution in [1.29, 1.82) is 0 Å². The molecule has 0 saturated carbocycles. The number of methoxy groups -OCH3 is 2. The molecule has 14 heteroatoms. The van der Waals surface area contributed by atoms with Crippen LogP contribution in [0.25, 0.3) is 11.5 Å². The lowest BCUT2D eigenvalue weighted by molar-refractivity contribution is -0.0587. The molecule has 3 atom stereocenters. The maximum Gasteiger partial charge on any atom is 0.240 e. The van der Waals surface area contributed by atoms with Gasteiger partial charge >= 0.3 is 0 Å². The van der Waals surface area contributed by atoms with E-state index in [-0.39, 0.29) is 17.9 Å². The van der Waals surface area contributed by atoms with Gasteiger partial charge in [0, 0.05) is 32.2 Å². The maximum atomic E-state index is 13.3. The van der Waals surface area contributed by atoms with Gasteiger partial charge in [-0.2, -0.15) is 0 Å². The van der Waals surface area contributed by atoms with Crippen molar-refractivity contribution in [2.24, 2.45) is 0 Å². The van der Waals surface area contributed by atoms with Gasteiger partial charge in [0.2, 0.25) is 21.9 Å². The van der Waals surface area contributed by atoms with Crippen molar-refractivity contribution >= 4 is 27.6 Å². The number of anilines is 1. The van der Waals surface area contributed by atoms with Gasteiger partial charge in [0.05, 0.1) is 24.8 Å². The molecule has 3 aromatic heterocycles. The van der Waals surface area contributed by atoms with Gasteiger partial charge in [-0.15, -0.1) is 10.2 Å². The number of ether oxygens (including phenoxy) is 3. The number of nitrogens with zero attached hydrogens (tertiary/aromatic N) is 6. The summed E-state index contributed by atoms with van der Waals surface area (Å²) in [6.45, 7) is 2.49. The van der Waals surface area contributed by atoms with Crippen molar-refractivity contribution in [3.05, 3.63) is 41.4 Å². The highest BCUT2D eigenvalue weighted by atomic mass is 35.5. The Morgan fingerprint density at radius 2 is 2.00 bits per heavy atom. The summed E-state index contributed by atoms with van der Waals surface area (Å²) in [4.78, 5) is 12.6. The van der Waals surface area contributed by atoms with E-state index in [1.165, 1.54) is 33.5 Å². The molecule has 1 fully saturated rings. The standard InChI is InChI=1S/C20H24ClN7O5S/c1-12(17(32-3)18-22-9-13(21)10-23-18)34(29,30)27-20-26-25-19(28(20)11-14-7-8-33-14)15-5-4-6-16(24-15)31-2/h4-6,9-10,12,14,17H,7-8,11H2,1-3H3,(H,26,27)/t12?,14-,17?/m0/s1. The average Bonchev–Trinajstić information content (AvgIpc) is 3.19. The molecule has 3 aromatic rings.